The minimum absolute atomic E-state index is 0.234. The van der Waals surface area contributed by atoms with Gasteiger partial charge in [-0.15, -0.1) is 0 Å². The molecule has 0 fully saturated rings. The lowest BCUT2D eigenvalue weighted by molar-refractivity contribution is 0.0947. The van der Waals surface area contributed by atoms with Crippen molar-refractivity contribution in [1.29, 1.82) is 0 Å². The largest absolute Gasteiger partial charge is 0.370 e. The summed E-state index contributed by atoms with van der Waals surface area (Å²) >= 11 is 0. The van der Waals surface area contributed by atoms with Crippen molar-refractivity contribution in [3.63, 3.8) is 0 Å². The lowest BCUT2D eigenvalue weighted by Gasteiger charge is -2.23. The number of aromatic nitrogens is 2. The van der Waals surface area contributed by atoms with Crippen LogP contribution in [-0.4, -0.2) is 35.3 Å². The highest BCUT2D eigenvalue weighted by atomic mass is 16.2. The van der Waals surface area contributed by atoms with E-state index in [2.05, 4.69) is 47.4 Å². The molecular weight excluding hydrogens is 364 g/mol. The quantitative estimate of drug-likeness (QED) is 0.642. The minimum atomic E-state index is -0.285. The minimum Gasteiger partial charge on any atom is -0.370 e. The molecule has 1 heterocycles. The van der Waals surface area contributed by atoms with E-state index in [9.17, 15) is 9.59 Å². The molecule has 0 unspecified atom stereocenters. The fourth-order valence-electron chi connectivity index (χ4n) is 3.13. The van der Waals surface area contributed by atoms with Crippen LogP contribution in [-0.2, 0) is 6.54 Å². The highest BCUT2D eigenvalue weighted by Gasteiger charge is 2.11. The maximum Gasteiger partial charge on any atom is 0.271 e. The second-order valence-electron chi connectivity index (χ2n) is 6.87. The summed E-state index contributed by atoms with van der Waals surface area (Å²) in [5.74, 6) is -0.285. The summed E-state index contributed by atoms with van der Waals surface area (Å²) < 4.78 is 1.31. The summed E-state index contributed by atoms with van der Waals surface area (Å²) in [6, 6.07) is 20.7. The van der Waals surface area contributed by atoms with Crippen molar-refractivity contribution in [2.75, 3.05) is 24.5 Å². The van der Waals surface area contributed by atoms with Gasteiger partial charge in [-0.2, -0.15) is 5.10 Å². The van der Waals surface area contributed by atoms with E-state index < -0.39 is 0 Å². The van der Waals surface area contributed by atoms with Gasteiger partial charge in [0.05, 0.1) is 6.54 Å². The second-order valence-corrected chi connectivity index (χ2v) is 6.87. The molecule has 2 aromatic carbocycles. The summed E-state index contributed by atoms with van der Waals surface area (Å²) in [6.07, 6.45) is 0. The molecule has 6 heteroatoms. The zero-order valence-electron chi connectivity index (χ0n) is 16.8. The lowest BCUT2D eigenvalue weighted by Crippen LogP contribution is -2.36. The number of nitrogens with zero attached hydrogens (tertiary/aromatic N) is 3. The normalized spacial score (nSPS) is 10.6. The van der Waals surface area contributed by atoms with Crippen molar-refractivity contribution in [1.82, 2.24) is 15.1 Å². The van der Waals surface area contributed by atoms with E-state index in [4.69, 9.17) is 0 Å². The summed E-state index contributed by atoms with van der Waals surface area (Å²) in [4.78, 5) is 26.8. The summed E-state index contributed by atoms with van der Waals surface area (Å²) in [5, 5.41) is 7.13. The van der Waals surface area contributed by atoms with Crippen molar-refractivity contribution in [2.24, 2.45) is 0 Å². The average molecular weight is 390 g/mol. The third-order valence-electron chi connectivity index (χ3n) is 4.69. The number of benzene rings is 2. The fraction of sp³-hybridized carbons (Fsp3) is 0.261. The van der Waals surface area contributed by atoms with Gasteiger partial charge in [0.25, 0.3) is 11.5 Å². The first-order valence-electron chi connectivity index (χ1n) is 9.78. The van der Waals surface area contributed by atoms with Crippen molar-refractivity contribution in [2.45, 2.75) is 20.4 Å². The second kappa shape index (κ2) is 9.68. The maximum atomic E-state index is 12.5. The zero-order valence-corrected chi connectivity index (χ0v) is 16.8. The zero-order chi connectivity index (χ0) is 20.6. The van der Waals surface area contributed by atoms with Crippen LogP contribution in [0, 0.1) is 6.92 Å². The molecule has 1 N–H and O–H groups in total. The fourth-order valence-corrected chi connectivity index (χ4v) is 3.13. The Kier molecular flexibility index (Phi) is 6.79. The lowest BCUT2D eigenvalue weighted by atomic mass is 10.2. The number of hydrogen-bond donors (Lipinski definition) is 1. The Balaban J connectivity index is 1.62. The van der Waals surface area contributed by atoms with Crippen LogP contribution in [0.4, 0.5) is 5.69 Å². The van der Waals surface area contributed by atoms with Gasteiger partial charge in [-0.25, -0.2) is 4.68 Å². The van der Waals surface area contributed by atoms with Gasteiger partial charge < -0.3 is 10.2 Å². The summed E-state index contributed by atoms with van der Waals surface area (Å²) in [7, 11) is 0. The van der Waals surface area contributed by atoms with Crippen LogP contribution in [0.2, 0.25) is 0 Å². The number of carbonyl (C=O) groups is 1. The molecular formula is C23H26N4O2. The number of rotatable bonds is 8. The Morgan fingerprint density at radius 2 is 1.86 bits per heavy atom. The highest BCUT2D eigenvalue weighted by molar-refractivity contribution is 5.92. The van der Waals surface area contributed by atoms with Gasteiger partial charge in [0.1, 0.15) is 5.69 Å². The van der Waals surface area contributed by atoms with Crippen molar-refractivity contribution >= 4 is 11.6 Å². The molecule has 0 saturated heterocycles. The summed E-state index contributed by atoms with van der Waals surface area (Å²) in [5.41, 5.74) is 3.30. The van der Waals surface area contributed by atoms with E-state index in [-0.39, 0.29) is 17.2 Å². The highest BCUT2D eigenvalue weighted by Crippen LogP contribution is 2.15. The van der Waals surface area contributed by atoms with E-state index in [1.807, 2.05) is 36.4 Å². The van der Waals surface area contributed by atoms with Crippen LogP contribution in [0.1, 0.15) is 28.5 Å². The van der Waals surface area contributed by atoms with Crippen LogP contribution >= 0.6 is 0 Å². The smallest absolute Gasteiger partial charge is 0.271 e. The Morgan fingerprint density at radius 1 is 1.07 bits per heavy atom. The molecule has 0 spiro atoms. The van der Waals surface area contributed by atoms with Crippen LogP contribution < -0.4 is 15.8 Å². The van der Waals surface area contributed by atoms with Crippen LogP contribution in [0.15, 0.2) is 71.5 Å². The Bertz CT molecular complexity index is 1010. The van der Waals surface area contributed by atoms with Gasteiger partial charge in [0, 0.05) is 31.4 Å². The third-order valence-corrected chi connectivity index (χ3v) is 4.69. The van der Waals surface area contributed by atoms with Gasteiger partial charge in [-0.3, -0.25) is 9.59 Å². The number of carbonyl (C=O) groups excluding carboxylic acids is 1. The first-order chi connectivity index (χ1) is 14.1. The number of amides is 1. The molecule has 0 bridgehead atoms. The number of hydrogen-bond acceptors (Lipinski definition) is 4. The number of nitrogens with one attached hydrogen (secondary N) is 1. The molecule has 150 valence electrons. The van der Waals surface area contributed by atoms with Crippen LogP contribution in [0.5, 0.6) is 0 Å². The van der Waals surface area contributed by atoms with Crippen molar-refractivity contribution in [3.05, 3.63) is 93.9 Å². The molecule has 3 aromatic rings. The Hall–Kier alpha value is -3.41. The topological polar surface area (TPSA) is 67.2 Å². The van der Waals surface area contributed by atoms with Gasteiger partial charge in [0.15, 0.2) is 0 Å². The van der Waals surface area contributed by atoms with Gasteiger partial charge >= 0.3 is 0 Å². The number of likely N-dealkylation sites (N-methyl/N-ethyl adjacent to an activating group) is 1. The van der Waals surface area contributed by atoms with Gasteiger partial charge in [-0.1, -0.05) is 42.5 Å². The van der Waals surface area contributed by atoms with Crippen molar-refractivity contribution in [3.8, 4) is 0 Å². The van der Waals surface area contributed by atoms with Crippen LogP contribution in [0.3, 0.4) is 0 Å². The number of anilines is 1. The first kappa shape index (κ1) is 20.3. The molecule has 1 aromatic heterocycles. The molecule has 29 heavy (non-hydrogen) atoms. The van der Waals surface area contributed by atoms with E-state index >= 15 is 0 Å². The van der Waals surface area contributed by atoms with E-state index in [1.165, 1.54) is 22.4 Å². The molecule has 3 rings (SSSR count). The van der Waals surface area contributed by atoms with E-state index in [0.717, 1.165) is 17.8 Å². The SMILES string of the molecule is CCN(CCNC(=O)c1ccc(=O)n(Cc2ccccc2)n1)c1cccc(C)c1. The predicted molar refractivity (Wildman–Crippen MR) is 115 cm³/mol. The van der Waals surface area contributed by atoms with E-state index in [1.54, 1.807) is 0 Å². The molecule has 6 nitrogen and oxygen atoms in total. The molecule has 0 aliphatic rings. The van der Waals surface area contributed by atoms with E-state index in [0.29, 0.717) is 19.6 Å². The average Bonchev–Trinajstić information content (AvgIpc) is 2.73. The van der Waals surface area contributed by atoms with Crippen LogP contribution in [0.25, 0.3) is 0 Å². The molecule has 0 atom stereocenters. The molecule has 0 radical (unpaired) electrons. The Morgan fingerprint density at radius 3 is 2.59 bits per heavy atom. The first-order valence-corrected chi connectivity index (χ1v) is 9.78. The maximum absolute atomic E-state index is 12.5. The number of aryl methyl sites for hydroxylation is 1. The standard InChI is InChI=1S/C23H26N4O2/c1-3-26(20-11-7-8-18(2)16-20)15-14-24-23(29)21-12-13-22(28)27(25-21)17-19-9-5-4-6-10-19/h4-13,16H,3,14-15,17H2,1-2H3,(H,24,29). The third kappa shape index (κ3) is 5.54. The van der Waals surface area contributed by atoms with Gasteiger partial charge in [0.2, 0.25) is 0 Å². The van der Waals surface area contributed by atoms with Gasteiger partial charge in [-0.05, 0) is 43.2 Å². The molecule has 0 saturated carbocycles. The summed E-state index contributed by atoms with van der Waals surface area (Å²) in [6.45, 7) is 6.51. The predicted octanol–water partition coefficient (Wildman–Crippen LogP) is 2.86. The monoisotopic (exact) mass is 390 g/mol. The molecule has 0 aliphatic heterocycles. The Labute approximate surface area is 170 Å². The molecule has 0 aliphatic carbocycles. The molecule has 1 amide bonds. The van der Waals surface area contributed by atoms with Crippen molar-refractivity contribution < 1.29 is 4.79 Å².